The van der Waals surface area contributed by atoms with E-state index in [2.05, 4.69) is 4.98 Å². The number of aromatic nitrogens is 2. The second-order valence-electron chi connectivity index (χ2n) is 3.21. The number of nitriles is 1. The van der Waals surface area contributed by atoms with Crippen molar-refractivity contribution in [3.8, 4) is 6.07 Å². The van der Waals surface area contributed by atoms with Gasteiger partial charge in [-0.05, 0) is 12.8 Å². The summed E-state index contributed by atoms with van der Waals surface area (Å²) >= 11 is 0. The van der Waals surface area contributed by atoms with Crippen molar-refractivity contribution in [2.45, 2.75) is 25.3 Å². The third kappa shape index (κ3) is 1.59. The fraction of sp³-hybridized carbons (Fsp3) is 0.444. The average molecular weight is 175 g/mol. The van der Waals surface area contributed by atoms with Crippen LogP contribution in [-0.4, -0.2) is 9.55 Å². The van der Waals surface area contributed by atoms with Crippen LogP contribution in [0, 0.1) is 11.3 Å². The van der Waals surface area contributed by atoms with Crippen molar-refractivity contribution in [1.29, 1.82) is 5.26 Å². The molecular formula is C9H9N3O. The Morgan fingerprint density at radius 2 is 2.46 bits per heavy atom. The highest BCUT2D eigenvalue weighted by Crippen LogP contribution is 2.38. The molecule has 2 rings (SSSR count). The number of rotatable bonds is 2. The molecule has 0 bridgehead atoms. The van der Waals surface area contributed by atoms with E-state index in [1.807, 2.05) is 6.07 Å². The van der Waals surface area contributed by atoms with Gasteiger partial charge in [0.05, 0.1) is 18.1 Å². The maximum absolute atomic E-state index is 11.3. The molecule has 0 amide bonds. The third-order valence-corrected chi connectivity index (χ3v) is 2.14. The predicted octanol–water partition coefficient (Wildman–Crippen LogP) is 0.644. The smallest absolute Gasteiger partial charge is 0.254 e. The fourth-order valence-corrected chi connectivity index (χ4v) is 1.24. The molecule has 1 saturated carbocycles. The van der Waals surface area contributed by atoms with Gasteiger partial charge in [-0.15, -0.1) is 0 Å². The van der Waals surface area contributed by atoms with Crippen LogP contribution in [0.1, 0.15) is 24.5 Å². The molecule has 66 valence electrons. The molecule has 0 aliphatic heterocycles. The van der Waals surface area contributed by atoms with Crippen molar-refractivity contribution < 1.29 is 0 Å². The minimum absolute atomic E-state index is 0.0801. The van der Waals surface area contributed by atoms with E-state index in [-0.39, 0.29) is 12.1 Å². The van der Waals surface area contributed by atoms with Gasteiger partial charge in [-0.1, -0.05) is 0 Å². The Morgan fingerprint density at radius 1 is 1.69 bits per heavy atom. The van der Waals surface area contributed by atoms with Crippen LogP contribution in [0.3, 0.4) is 0 Å². The largest absolute Gasteiger partial charge is 0.285 e. The van der Waals surface area contributed by atoms with Gasteiger partial charge in [-0.2, -0.15) is 5.26 Å². The Morgan fingerprint density at radius 3 is 3.00 bits per heavy atom. The molecule has 0 spiro atoms. The van der Waals surface area contributed by atoms with Gasteiger partial charge in [0.2, 0.25) is 0 Å². The molecule has 4 heteroatoms. The standard InChI is InChI=1S/C9H9N3O/c10-3-4-12-6-11-8(5-9(12)13)7-1-2-7/h5-7H,1-2,4H2. The van der Waals surface area contributed by atoms with Crippen LogP contribution in [0.4, 0.5) is 0 Å². The van der Waals surface area contributed by atoms with Crippen LogP contribution >= 0.6 is 0 Å². The minimum Gasteiger partial charge on any atom is -0.285 e. The van der Waals surface area contributed by atoms with E-state index in [4.69, 9.17) is 5.26 Å². The van der Waals surface area contributed by atoms with Crippen molar-refractivity contribution in [1.82, 2.24) is 9.55 Å². The van der Waals surface area contributed by atoms with Gasteiger partial charge in [0, 0.05) is 12.0 Å². The zero-order valence-corrected chi connectivity index (χ0v) is 7.10. The summed E-state index contributed by atoms with van der Waals surface area (Å²) < 4.78 is 1.31. The normalized spacial score (nSPS) is 15.3. The Kier molecular flexibility index (Phi) is 1.85. The van der Waals surface area contributed by atoms with Crippen molar-refractivity contribution in [3.63, 3.8) is 0 Å². The van der Waals surface area contributed by atoms with E-state index in [0.29, 0.717) is 5.92 Å². The highest BCUT2D eigenvalue weighted by Gasteiger charge is 2.25. The molecule has 1 aliphatic rings. The van der Waals surface area contributed by atoms with E-state index in [9.17, 15) is 4.79 Å². The van der Waals surface area contributed by atoms with Crippen molar-refractivity contribution in [3.05, 3.63) is 28.4 Å². The molecule has 1 aromatic rings. The first-order valence-corrected chi connectivity index (χ1v) is 4.24. The van der Waals surface area contributed by atoms with Crippen LogP contribution in [0.15, 0.2) is 17.2 Å². The Labute approximate surface area is 75.5 Å². The molecule has 4 nitrogen and oxygen atoms in total. The van der Waals surface area contributed by atoms with E-state index in [1.54, 1.807) is 0 Å². The number of nitrogens with zero attached hydrogens (tertiary/aromatic N) is 3. The molecule has 0 radical (unpaired) electrons. The van der Waals surface area contributed by atoms with Gasteiger partial charge in [0.1, 0.15) is 6.54 Å². The first kappa shape index (κ1) is 7.99. The molecule has 1 aromatic heterocycles. The van der Waals surface area contributed by atoms with Crippen molar-refractivity contribution >= 4 is 0 Å². The first-order valence-electron chi connectivity index (χ1n) is 4.24. The Balaban J connectivity index is 2.32. The Bertz CT molecular complexity index is 412. The maximum Gasteiger partial charge on any atom is 0.254 e. The van der Waals surface area contributed by atoms with Gasteiger partial charge in [-0.3, -0.25) is 9.36 Å². The maximum atomic E-state index is 11.3. The summed E-state index contributed by atoms with van der Waals surface area (Å²) in [6.45, 7) is 0.0801. The summed E-state index contributed by atoms with van der Waals surface area (Å²) in [6.07, 6.45) is 3.72. The van der Waals surface area contributed by atoms with Crippen LogP contribution in [-0.2, 0) is 6.54 Å². The summed E-state index contributed by atoms with van der Waals surface area (Å²) in [5, 5.41) is 8.40. The molecule has 1 aliphatic carbocycles. The lowest BCUT2D eigenvalue weighted by molar-refractivity contribution is 0.746. The van der Waals surface area contributed by atoms with E-state index < -0.39 is 0 Å². The quantitative estimate of drug-likeness (QED) is 0.662. The SMILES string of the molecule is N#CCn1cnc(C2CC2)cc1=O. The molecule has 0 unspecified atom stereocenters. The van der Waals surface area contributed by atoms with E-state index in [0.717, 1.165) is 18.5 Å². The van der Waals surface area contributed by atoms with Crippen molar-refractivity contribution in [2.75, 3.05) is 0 Å². The zero-order chi connectivity index (χ0) is 9.26. The van der Waals surface area contributed by atoms with Gasteiger partial charge >= 0.3 is 0 Å². The van der Waals surface area contributed by atoms with E-state index >= 15 is 0 Å². The molecule has 1 fully saturated rings. The van der Waals surface area contributed by atoms with Crippen LogP contribution in [0.25, 0.3) is 0 Å². The van der Waals surface area contributed by atoms with Gasteiger partial charge < -0.3 is 0 Å². The summed E-state index contributed by atoms with van der Waals surface area (Å²) in [4.78, 5) is 15.5. The topological polar surface area (TPSA) is 58.7 Å². The Hall–Kier alpha value is -1.63. The molecule has 0 N–H and O–H groups in total. The minimum atomic E-state index is -0.126. The first-order chi connectivity index (χ1) is 6.31. The van der Waals surface area contributed by atoms with Crippen molar-refractivity contribution in [2.24, 2.45) is 0 Å². The summed E-state index contributed by atoms with van der Waals surface area (Å²) in [7, 11) is 0. The molecular weight excluding hydrogens is 166 g/mol. The highest BCUT2D eigenvalue weighted by molar-refractivity contribution is 5.12. The monoisotopic (exact) mass is 175 g/mol. The molecule has 0 aromatic carbocycles. The second kappa shape index (κ2) is 3.02. The van der Waals surface area contributed by atoms with Gasteiger partial charge in [0.15, 0.2) is 0 Å². The second-order valence-corrected chi connectivity index (χ2v) is 3.21. The van der Waals surface area contributed by atoms with Gasteiger partial charge in [0.25, 0.3) is 5.56 Å². The molecule has 13 heavy (non-hydrogen) atoms. The lowest BCUT2D eigenvalue weighted by Gasteiger charge is -1.99. The summed E-state index contributed by atoms with van der Waals surface area (Å²) in [6, 6.07) is 3.45. The average Bonchev–Trinajstić information content (AvgIpc) is 2.91. The number of hydrogen-bond donors (Lipinski definition) is 0. The zero-order valence-electron chi connectivity index (χ0n) is 7.10. The van der Waals surface area contributed by atoms with Crippen LogP contribution < -0.4 is 5.56 Å². The molecule has 1 heterocycles. The van der Waals surface area contributed by atoms with E-state index in [1.165, 1.54) is 17.0 Å². The summed E-state index contributed by atoms with van der Waals surface area (Å²) in [5.41, 5.74) is 0.748. The highest BCUT2D eigenvalue weighted by atomic mass is 16.1. The molecule has 0 saturated heterocycles. The lowest BCUT2D eigenvalue weighted by Crippen LogP contribution is -2.19. The third-order valence-electron chi connectivity index (χ3n) is 2.14. The van der Waals surface area contributed by atoms with Crippen LogP contribution in [0.5, 0.6) is 0 Å². The predicted molar refractivity (Wildman–Crippen MR) is 46.1 cm³/mol. The number of hydrogen-bond acceptors (Lipinski definition) is 3. The van der Waals surface area contributed by atoms with Gasteiger partial charge in [-0.25, -0.2) is 4.98 Å². The van der Waals surface area contributed by atoms with Crippen LogP contribution in [0.2, 0.25) is 0 Å². The fourth-order valence-electron chi connectivity index (χ4n) is 1.24. The summed E-state index contributed by atoms with van der Waals surface area (Å²) in [5.74, 6) is 0.490. The molecule has 0 atom stereocenters. The lowest BCUT2D eigenvalue weighted by atomic mass is 10.3.